The highest BCUT2D eigenvalue weighted by molar-refractivity contribution is 6.03. The van der Waals surface area contributed by atoms with Crippen molar-refractivity contribution in [3.63, 3.8) is 0 Å². The second-order valence-corrected chi connectivity index (χ2v) is 5.46. The number of methoxy groups -OCH3 is 1. The Morgan fingerprint density at radius 2 is 1.73 bits per heavy atom. The van der Waals surface area contributed by atoms with Gasteiger partial charge in [0.25, 0.3) is 0 Å². The fourth-order valence-corrected chi connectivity index (χ4v) is 3.03. The summed E-state index contributed by atoms with van der Waals surface area (Å²) in [6, 6.07) is 14.6. The van der Waals surface area contributed by atoms with Gasteiger partial charge < -0.3 is 14.7 Å². The molecule has 0 aromatic heterocycles. The van der Waals surface area contributed by atoms with Crippen molar-refractivity contribution in [1.82, 2.24) is 0 Å². The maximum Gasteiger partial charge on any atom is 0.233 e. The van der Waals surface area contributed by atoms with Crippen molar-refractivity contribution >= 4 is 11.6 Å². The van der Waals surface area contributed by atoms with Crippen molar-refractivity contribution in [1.29, 1.82) is 0 Å². The van der Waals surface area contributed by atoms with Crippen molar-refractivity contribution in [2.45, 2.75) is 19.4 Å². The summed E-state index contributed by atoms with van der Waals surface area (Å²) in [7, 11) is 1.64. The van der Waals surface area contributed by atoms with Crippen LogP contribution in [0.4, 0.5) is 5.69 Å². The number of amides is 1. The molecule has 4 nitrogen and oxygen atoms in total. The molecule has 1 fully saturated rings. The van der Waals surface area contributed by atoms with Gasteiger partial charge in [0, 0.05) is 5.69 Å². The Hall–Kier alpha value is -2.49. The maximum atomic E-state index is 12.4. The highest BCUT2D eigenvalue weighted by Gasteiger charge is 2.47. The van der Waals surface area contributed by atoms with Gasteiger partial charge in [0.1, 0.15) is 11.5 Å². The predicted octanol–water partition coefficient (Wildman–Crippen LogP) is 3.51. The molecule has 22 heavy (non-hydrogen) atoms. The van der Waals surface area contributed by atoms with Gasteiger partial charge in [0.2, 0.25) is 5.91 Å². The Bertz CT molecular complexity index is 664. The van der Waals surface area contributed by atoms with E-state index in [-0.39, 0.29) is 23.6 Å². The summed E-state index contributed by atoms with van der Waals surface area (Å²) in [5.41, 5.74) is 1.91. The lowest BCUT2D eigenvalue weighted by Crippen LogP contribution is -2.55. The van der Waals surface area contributed by atoms with E-state index in [4.69, 9.17) is 4.74 Å². The lowest BCUT2D eigenvalue weighted by Gasteiger charge is -2.47. The van der Waals surface area contributed by atoms with Gasteiger partial charge in [-0.2, -0.15) is 0 Å². The fourth-order valence-electron chi connectivity index (χ4n) is 3.03. The number of nitrogens with zero attached hydrogens (tertiary/aromatic N) is 1. The Kier molecular flexibility index (Phi) is 3.75. The van der Waals surface area contributed by atoms with Crippen LogP contribution >= 0.6 is 0 Å². The summed E-state index contributed by atoms with van der Waals surface area (Å²) in [6.45, 7) is 2.03. The second-order valence-electron chi connectivity index (χ2n) is 5.46. The number of carbonyl (C=O) groups is 1. The first-order valence-corrected chi connectivity index (χ1v) is 7.41. The molecule has 1 heterocycles. The minimum Gasteiger partial charge on any atom is -0.508 e. The third-order valence-electron chi connectivity index (χ3n) is 4.24. The minimum absolute atomic E-state index is 0.00204. The molecule has 0 saturated carbocycles. The van der Waals surface area contributed by atoms with Crippen molar-refractivity contribution in [3.8, 4) is 11.5 Å². The highest BCUT2D eigenvalue weighted by Crippen LogP contribution is 2.45. The molecule has 4 heteroatoms. The topological polar surface area (TPSA) is 49.8 Å². The van der Waals surface area contributed by atoms with Gasteiger partial charge >= 0.3 is 0 Å². The third kappa shape index (κ3) is 2.30. The summed E-state index contributed by atoms with van der Waals surface area (Å²) >= 11 is 0. The van der Waals surface area contributed by atoms with E-state index in [0.717, 1.165) is 23.4 Å². The van der Waals surface area contributed by atoms with Crippen LogP contribution < -0.4 is 9.64 Å². The molecule has 0 aliphatic carbocycles. The standard InChI is InChI=1S/C18H19NO3/c1-3-16-17(12-4-10-15(22-2)11-5-12)19(18(16)21)13-6-8-14(20)9-7-13/h4-11,16-17,20H,3H2,1-2H3/t16-,17-/m0/s1. The molecule has 0 bridgehead atoms. The number of hydrogen-bond donors (Lipinski definition) is 1. The van der Waals surface area contributed by atoms with Gasteiger partial charge in [-0.3, -0.25) is 4.79 Å². The van der Waals surface area contributed by atoms with E-state index in [0.29, 0.717) is 0 Å². The van der Waals surface area contributed by atoms with Crippen LogP contribution in [0.5, 0.6) is 11.5 Å². The van der Waals surface area contributed by atoms with Crippen LogP contribution in [0.1, 0.15) is 24.9 Å². The van der Waals surface area contributed by atoms with E-state index >= 15 is 0 Å². The molecule has 1 saturated heterocycles. The molecule has 2 aromatic rings. The van der Waals surface area contributed by atoms with Gasteiger partial charge in [0.15, 0.2) is 0 Å². The fraction of sp³-hybridized carbons (Fsp3) is 0.278. The summed E-state index contributed by atoms with van der Waals surface area (Å²) < 4.78 is 5.19. The zero-order valence-corrected chi connectivity index (χ0v) is 12.7. The second kappa shape index (κ2) is 5.72. The van der Waals surface area contributed by atoms with Gasteiger partial charge in [0.05, 0.1) is 19.1 Å². The smallest absolute Gasteiger partial charge is 0.233 e. The van der Waals surface area contributed by atoms with E-state index in [1.54, 1.807) is 36.3 Å². The first-order chi connectivity index (χ1) is 10.7. The molecule has 1 aliphatic heterocycles. The van der Waals surface area contributed by atoms with Gasteiger partial charge in [-0.25, -0.2) is 0 Å². The number of phenols is 1. The minimum atomic E-state index is 0.00204. The maximum absolute atomic E-state index is 12.4. The average Bonchev–Trinajstić information content (AvgIpc) is 2.55. The molecule has 2 atom stereocenters. The zero-order valence-electron chi connectivity index (χ0n) is 12.7. The highest BCUT2D eigenvalue weighted by atomic mass is 16.5. The first-order valence-electron chi connectivity index (χ1n) is 7.41. The number of ether oxygens (including phenoxy) is 1. The molecule has 0 spiro atoms. The van der Waals surface area contributed by atoms with Gasteiger partial charge in [-0.05, 0) is 48.4 Å². The molecule has 1 aliphatic rings. The largest absolute Gasteiger partial charge is 0.508 e. The first kappa shape index (κ1) is 14.4. The van der Waals surface area contributed by atoms with E-state index in [2.05, 4.69) is 0 Å². The van der Waals surface area contributed by atoms with E-state index < -0.39 is 0 Å². The molecular formula is C18H19NO3. The molecular weight excluding hydrogens is 278 g/mol. The summed E-state index contributed by atoms with van der Waals surface area (Å²) in [6.07, 6.45) is 0.810. The van der Waals surface area contributed by atoms with E-state index in [1.807, 2.05) is 31.2 Å². The summed E-state index contributed by atoms with van der Waals surface area (Å²) in [5.74, 6) is 1.14. The summed E-state index contributed by atoms with van der Waals surface area (Å²) in [5, 5.41) is 9.42. The monoisotopic (exact) mass is 297 g/mol. The lowest BCUT2D eigenvalue weighted by atomic mass is 9.80. The molecule has 0 radical (unpaired) electrons. The SMILES string of the molecule is CC[C@@H]1C(=O)N(c2ccc(O)cc2)[C@H]1c1ccc(OC)cc1. The van der Waals surface area contributed by atoms with Gasteiger partial charge in [-0.15, -0.1) is 0 Å². The van der Waals surface area contributed by atoms with Crippen molar-refractivity contribution in [2.75, 3.05) is 12.0 Å². The number of aromatic hydroxyl groups is 1. The number of anilines is 1. The molecule has 3 rings (SSSR count). The Morgan fingerprint density at radius 3 is 2.27 bits per heavy atom. The molecule has 1 amide bonds. The van der Waals surface area contributed by atoms with Crippen LogP contribution in [-0.2, 0) is 4.79 Å². The quantitative estimate of drug-likeness (QED) is 0.879. The lowest BCUT2D eigenvalue weighted by molar-refractivity contribution is -0.130. The number of carbonyl (C=O) groups excluding carboxylic acids is 1. The van der Waals surface area contributed by atoms with Crippen LogP contribution in [0.2, 0.25) is 0 Å². The zero-order chi connectivity index (χ0) is 15.7. The van der Waals surface area contributed by atoms with E-state index in [9.17, 15) is 9.90 Å². The predicted molar refractivity (Wildman–Crippen MR) is 85.1 cm³/mol. The van der Waals surface area contributed by atoms with Gasteiger partial charge in [-0.1, -0.05) is 19.1 Å². The van der Waals surface area contributed by atoms with Crippen molar-refractivity contribution in [3.05, 3.63) is 54.1 Å². The third-order valence-corrected chi connectivity index (χ3v) is 4.24. The normalized spacial score (nSPS) is 20.6. The summed E-state index contributed by atoms with van der Waals surface area (Å²) in [4.78, 5) is 14.2. The van der Waals surface area contributed by atoms with Crippen LogP contribution in [0.25, 0.3) is 0 Å². The molecule has 0 unspecified atom stereocenters. The van der Waals surface area contributed by atoms with Crippen LogP contribution in [-0.4, -0.2) is 18.1 Å². The van der Waals surface area contributed by atoms with Crippen LogP contribution in [0, 0.1) is 5.92 Å². The number of hydrogen-bond acceptors (Lipinski definition) is 3. The van der Waals surface area contributed by atoms with Crippen molar-refractivity contribution in [2.24, 2.45) is 5.92 Å². The number of rotatable bonds is 4. The number of phenolic OH excluding ortho intramolecular Hbond substituents is 1. The number of β-lactam (4-membered cyclic amide) rings is 1. The molecule has 114 valence electrons. The molecule has 1 N–H and O–H groups in total. The number of benzene rings is 2. The Morgan fingerprint density at radius 1 is 1.09 bits per heavy atom. The van der Waals surface area contributed by atoms with E-state index in [1.165, 1.54) is 0 Å². The van der Waals surface area contributed by atoms with Crippen LogP contribution in [0.3, 0.4) is 0 Å². The van der Waals surface area contributed by atoms with Crippen molar-refractivity contribution < 1.29 is 14.6 Å². The average molecular weight is 297 g/mol. The van der Waals surface area contributed by atoms with Crippen LogP contribution in [0.15, 0.2) is 48.5 Å². The Balaban J connectivity index is 1.94. The Labute approximate surface area is 130 Å². The molecule has 2 aromatic carbocycles.